The maximum Gasteiger partial charge on any atom is 0.243 e. The highest BCUT2D eigenvalue weighted by Gasteiger charge is 2.30. The van der Waals surface area contributed by atoms with E-state index >= 15 is 0 Å². The van der Waals surface area contributed by atoms with Crippen molar-refractivity contribution in [1.82, 2.24) is 0 Å². The Labute approximate surface area is 130 Å². The predicted octanol–water partition coefficient (Wildman–Crippen LogP) is 3.51. The summed E-state index contributed by atoms with van der Waals surface area (Å²) in [7, 11) is 0. The van der Waals surface area contributed by atoms with Crippen LogP contribution in [0.2, 0.25) is 10.0 Å². The van der Waals surface area contributed by atoms with E-state index in [2.05, 4.69) is 0 Å². The van der Waals surface area contributed by atoms with Crippen molar-refractivity contribution in [3.63, 3.8) is 0 Å². The molecule has 0 radical (unpaired) electrons. The molecule has 106 valence electrons. The number of thioether (sulfide) groups is 1. The Balaban J connectivity index is 2.44. The Morgan fingerprint density at radius 2 is 1.85 bits per heavy atom. The molecule has 1 saturated heterocycles. The Bertz CT molecular complexity index is 573. The van der Waals surface area contributed by atoms with Crippen molar-refractivity contribution in [3.05, 3.63) is 34.5 Å². The maximum atomic E-state index is 11.9. The third-order valence-corrected chi connectivity index (χ3v) is 4.02. The third kappa shape index (κ3) is 3.11. The van der Waals surface area contributed by atoms with E-state index in [0.29, 0.717) is 16.5 Å². The van der Waals surface area contributed by atoms with E-state index in [1.54, 1.807) is 13.0 Å². The number of benzene rings is 1. The number of hydrogen-bond donors (Lipinski definition) is 0. The van der Waals surface area contributed by atoms with Crippen LogP contribution in [0.3, 0.4) is 0 Å². The van der Waals surface area contributed by atoms with E-state index in [0.717, 1.165) is 4.90 Å². The first-order valence-electron chi connectivity index (χ1n) is 5.75. The molecule has 20 heavy (non-hydrogen) atoms. The molecule has 1 aromatic carbocycles. The summed E-state index contributed by atoms with van der Waals surface area (Å²) in [6.07, 6.45) is 3.15. The van der Waals surface area contributed by atoms with Crippen molar-refractivity contribution < 1.29 is 14.3 Å². The highest BCUT2D eigenvalue weighted by Crippen LogP contribution is 2.37. The van der Waals surface area contributed by atoms with Crippen LogP contribution in [0.25, 0.3) is 0 Å². The molecule has 0 saturated carbocycles. The van der Waals surface area contributed by atoms with Gasteiger partial charge in [-0.1, -0.05) is 29.3 Å². The van der Waals surface area contributed by atoms with Crippen molar-refractivity contribution in [3.8, 4) is 5.75 Å². The van der Waals surface area contributed by atoms with Crippen LogP contribution >= 0.6 is 35.0 Å². The Morgan fingerprint density at radius 1 is 1.20 bits per heavy atom. The molecule has 0 spiro atoms. The quantitative estimate of drug-likeness (QED) is 0.628. The summed E-state index contributed by atoms with van der Waals surface area (Å²) >= 11 is 13.4. The smallest absolute Gasteiger partial charge is 0.243 e. The SMILES string of the molecule is CC=COc1cc(N2C(=O)CSCC2=O)c(Cl)cc1Cl. The fourth-order valence-corrected chi connectivity index (χ4v) is 2.91. The molecular weight excluding hydrogens is 321 g/mol. The summed E-state index contributed by atoms with van der Waals surface area (Å²) in [6, 6.07) is 2.95. The van der Waals surface area contributed by atoms with E-state index in [4.69, 9.17) is 27.9 Å². The maximum absolute atomic E-state index is 11.9. The zero-order valence-corrected chi connectivity index (χ0v) is 12.9. The molecule has 0 N–H and O–H groups in total. The molecule has 0 bridgehead atoms. The fraction of sp³-hybridized carbons (Fsp3) is 0.231. The summed E-state index contributed by atoms with van der Waals surface area (Å²) < 4.78 is 5.32. The highest BCUT2D eigenvalue weighted by molar-refractivity contribution is 8.00. The monoisotopic (exact) mass is 331 g/mol. The second-order valence-corrected chi connectivity index (χ2v) is 5.74. The molecule has 0 aromatic heterocycles. The molecule has 0 aliphatic carbocycles. The normalized spacial score (nSPS) is 16.1. The molecule has 0 atom stereocenters. The molecule has 1 aliphatic heterocycles. The number of hydrogen-bond acceptors (Lipinski definition) is 4. The lowest BCUT2D eigenvalue weighted by Crippen LogP contribution is -2.43. The largest absolute Gasteiger partial charge is 0.464 e. The zero-order valence-electron chi connectivity index (χ0n) is 10.6. The van der Waals surface area contributed by atoms with E-state index in [1.165, 1.54) is 30.2 Å². The van der Waals surface area contributed by atoms with Gasteiger partial charge in [-0.15, -0.1) is 11.8 Å². The second-order valence-electron chi connectivity index (χ2n) is 3.94. The van der Waals surface area contributed by atoms with Gasteiger partial charge in [-0.3, -0.25) is 9.59 Å². The van der Waals surface area contributed by atoms with Crippen LogP contribution in [0.1, 0.15) is 6.92 Å². The summed E-state index contributed by atoms with van der Waals surface area (Å²) in [5, 5.41) is 0.541. The average Bonchev–Trinajstić information content (AvgIpc) is 2.39. The molecular formula is C13H11Cl2NO3S. The molecule has 1 aliphatic rings. The summed E-state index contributed by atoms with van der Waals surface area (Å²) in [4.78, 5) is 24.9. The lowest BCUT2D eigenvalue weighted by molar-refractivity contribution is -0.124. The Kier molecular flexibility index (Phi) is 4.96. The van der Waals surface area contributed by atoms with E-state index < -0.39 is 0 Å². The number of rotatable bonds is 3. The van der Waals surface area contributed by atoms with Gasteiger partial charge >= 0.3 is 0 Å². The minimum atomic E-state index is -0.299. The number of anilines is 1. The Hall–Kier alpha value is -1.17. The zero-order chi connectivity index (χ0) is 14.7. The van der Waals surface area contributed by atoms with Gasteiger partial charge in [0, 0.05) is 6.07 Å². The minimum Gasteiger partial charge on any atom is -0.464 e. The van der Waals surface area contributed by atoms with E-state index in [9.17, 15) is 9.59 Å². The number of halogens is 2. The van der Waals surface area contributed by atoms with Crippen LogP contribution in [0.5, 0.6) is 5.75 Å². The standard InChI is InChI=1S/C13H11Cl2NO3S/c1-2-3-19-11-5-10(8(14)4-9(11)15)16-12(17)6-20-7-13(16)18/h2-5H,6-7H2,1H3. The lowest BCUT2D eigenvalue weighted by Gasteiger charge is -2.25. The number of ether oxygens (including phenoxy) is 1. The summed E-state index contributed by atoms with van der Waals surface area (Å²) in [6.45, 7) is 1.79. The number of carbonyl (C=O) groups is 2. The summed E-state index contributed by atoms with van der Waals surface area (Å²) in [5.74, 6) is 0.230. The van der Waals surface area contributed by atoms with Crippen LogP contribution < -0.4 is 9.64 Å². The fourth-order valence-electron chi connectivity index (χ4n) is 1.68. The second kappa shape index (κ2) is 6.52. The van der Waals surface area contributed by atoms with Crippen LogP contribution in [0.15, 0.2) is 24.5 Å². The van der Waals surface area contributed by atoms with Crippen molar-refractivity contribution >= 4 is 52.5 Å². The van der Waals surface area contributed by atoms with Gasteiger partial charge in [-0.05, 0) is 13.0 Å². The first-order valence-corrected chi connectivity index (χ1v) is 7.66. The van der Waals surface area contributed by atoms with Crippen molar-refractivity contribution in [1.29, 1.82) is 0 Å². The molecule has 2 amide bonds. The van der Waals surface area contributed by atoms with Crippen LogP contribution in [-0.2, 0) is 9.59 Å². The van der Waals surface area contributed by atoms with Crippen LogP contribution in [-0.4, -0.2) is 23.3 Å². The van der Waals surface area contributed by atoms with Gasteiger partial charge in [0.05, 0.1) is 33.5 Å². The first kappa shape index (κ1) is 15.2. The van der Waals surface area contributed by atoms with Gasteiger partial charge in [0.2, 0.25) is 11.8 Å². The van der Waals surface area contributed by atoms with Crippen LogP contribution in [0.4, 0.5) is 5.69 Å². The molecule has 1 heterocycles. The Morgan fingerprint density at radius 3 is 2.45 bits per heavy atom. The molecule has 4 nitrogen and oxygen atoms in total. The number of allylic oxidation sites excluding steroid dienone is 1. The topological polar surface area (TPSA) is 46.6 Å². The molecule has 1 aromatic rings. The molecule has 0 unspecified atom stereocenters. The number of carbonyl (C=O) groups excluding carboxylic acids is 2. The number of imide groups is 1. The van der Waals surface area contributed by atoms with Gasteiger partial charge in [0.15, 0.2) is 0 Å². The lowest BCUT2D eigenvalue weighted by atomic mass is 10.2. The van der Waals surface area contributed by atoms with Gasteiger partial charge < -0.3 is 4.74 Å². The molecule has 1 fully saturated rings. The molecule has 2 rings (SSSR count). The average molecular weight is 332 g/mol. The van der Waals surface area contributed by atoms with Gasteiger partial charge in [-0.2, -0.15) is 0 Å². The minimum absolute atomic E-state index is 0.233. The predicted molar refractivity (Wildman–Crippen MR) is 81.7 cm³/mol. The van der Waals surface area contributed by atoms with E-state index in [1.807, 2.05) is 0 Å². The van der Waals surface area contributed by atoms with Crippen molar-refractivity contribution in [2.24, 2.45) is 0 Å². The van der Waals surface area contributed by atoms with Gasteiger partial charge in [0.1, 0.15) is 5.75 Å². The third-order valence-electron chi connectivity index (χ3n) is 2.52. The first-order chi connectivity index (χ1) is 9.54. The van der Waals surface area contributed by atoms with Gasteiger partial charge in [-0.25, -0.2) is 4.90 Å². The molecule has 7 heteroatoms. The van der Waals surface area contributed by atoms with E-state index in [-0.39, 0.29) is 28.3 Å². The highest BCUT2D eigenvalue weighted by atomic mass is 35.5. The number of amides is 2. The summed E-state index contributed by atoms with van der Waals surface area (Å²) in [5.41, 5.74) is 0.297. The van der Waals surface area contributed by atoms with Crippen molar-refractivity contribution in [2.75, 3.05) is 16.4 Å². The van der Waals surface area contributed by atoms with Crippen molar-refractivity contribution in [2.45, 2.75) is 6.92 Å². The van der Waals surface area contributed by atoms with Gasteiger partial charge in [0.25, 0.3) is 0 Å². The number of nitrogens with zero attached hydrogens (tertiary/aromatic N) is 1. The van der Waals surface area contributed by atoms with Crippen LogP contribution in [0, 0.1) is 0 Å².